The molecule has 0 saturated heterocycles. The van der Waals surface area contributed by atoms with Gasteiger partial charge in [-0.2, -0.15) is 0 Å². The molecule has 1 rings (SSSR count). The maximum Gasteiger partial charge on any atom is 0.310 e. The molecule has 7 heteroatoms. The fourth-order valence-electron chi connectivity index (χ4n) is 1.56. The number of pyridine rings is 1. The molecule has 1 aromatic heterocycles. The highest BCUT2D eigenvalue weighted by Crippen LogP contribution is 2.29. The van der Waals surface area contributed by atoms with Crippen LogP contribution in [0.5, 0.6) is 0 Å². The molecular formula is C11H13F2IN2O2. The van der Waals surface area contributed by atoms with E-state index in [-0.39, 0.29) is 34.4 Å². The van der Waals surface area contributed by atoms with Crippen molar-refractivity contribution in [3.05, 3.63) is 26.6 Å². The summed E-state index contributed by atoms with van der Waals surface area (Å²) in [6.45, 7) is 1.86. The molecule has 0 amide bonds. The molecule has 1 heterocycles. The summed E-state index contributed by atoms with van der Waals surface area (Å²) in [5.41, 5.74) is 5.97. The Bertz CT molecular complexity index is 441. The lowest BCUT2D eigenvalue weighted by Gasteiger charge is -2.13. The quantitative estimate of drug-likeness (QED) is 0.490. The maximum atomic E-state index is 12.9. The van der Waals surface area contributed by atoms with Gasteiger partial charge in [0.2, 0.25) is 0 Å². The highest BCUT2D eigenvalue weighted by molar-refractivity contribution is 14.1. The topological polar surface area (TPSA) is 65.2 Å². The van der Waals surface area contributed by atoms with Gasteiger partial charge in [0.15, 0.2) is 0 Å². The van der Waals surface area contributed by atoms with Crippen molar-refractivity contribution in [3.8, 4) is 0 Å². The molecule has 2 N–H and O–H groups in total. The van der Waals surface area contributed by atoms with Crippen molar-refractivity contribution in [2.45, 2.75) is 26.3 Å². The number of esters is 1. The molecule has 0 bridgehead atoms. The molecule has 0 radical (unpaired) electrons. The van der Waals surface area contributed by atoms with Crippen LogP contribution in [0.15, 0.2) is 6.20 Å². The first kappa shape index (κ1) is 15.2. The summed E-state index contributed by atoms with van der Waals surface area (Å²) in [5.74, 6) is -0.476. The highest BCUT2D eigenvalue weighted by atomic mass is 127. The average Bonchev–Trinajstić information content (AvgIpc) is 2.30. The number of halogens is 3. The molecule has 0 saturated carbocycles. The Labute approximate surface area is 117 Å². The summed E-state index contributed by atoms with van der Waals surface area (Å²) in [7, 11) is 0. The summed E-state index contributed by atoms with van der Waals surface area (Å²) in [4.78, 5) is 15.2. The summed E-state index contributed by atoms with van der Waals surface area (Å²) < 4.78 is 30.8. The number of nitrogens with zero attached hydrogens (tertiary/aromatic N) is 1. The largest absolute Gasteiger partial charge is 0.466 e. The second kappa shape index (κ2) is 6.93. The average molecular weight is 370 g/mol. The molecule has 0 aliphatic heterocycles. The molecule has 1 aromatic rings. The summed E-state index contributed by atoms with van der Waals surface area (Å²) in [5, 5.41) is 0. The van der Waals surface area contributed by atoms with Crippen molar-refractivity contribution in [1.82, 2.24) is 4.98 Å². The molecule has 0 atom stereocenters. The van der Waals surface area contributed by atoms with Crippen LogP contribution in [0.4, 0.5) is 8.78 Å². The molecule has 0 unspecified atom stereocenters. The first-order chi connectivity index (χ1) is 8.51. The van der Waals surface area contributed by atoms with E-state index in [1.54, 1.807) is 29.5 Å². The van der Waals surface area contributed by atoms with Crippen molar-refractivity contribution >= 4 is 28.6 Å². The maximum absolute atomic E-state index is 12.9. The number of ether oxygens (including phenoxy) is 1. The van der Waals surface area contributed by atoms with Crippen LogP contribution in [0.2, 0.25) is 0 Å². The predicted octanol–water partition coefficient (Wildman–Crippen LogP) is 2.19. The molecule has 4 nitrogen and oxygen atoms in total. The van der Waals surface area contributed by atoms with E-state index in [1.165, 1.54) is 6.20 Å². The van der Waals surface area contributed by atoms with Crippen LogP contribution in [-0.4, -0.2) is 17.6 Å². The van der Waals surface area contributed by atoms with Gasteiger partial charge in [-0.25, -0.2) is 13.8 Å². The van der Waals surface area contributed by atoms with Gasteiger partial charge in [0.1, 0.15) is 3.70 Å². The summed E-state index contributed by atoms with van der Waals surface area (Å²) >= 11 is 1.73. The number of nitrogens with two attached hydrogens (primary N) is 1. The first-order valence-electron chi connectivity index (χ1n) is 5.31. The van der Waals surface area contributed by atoms with Crippen LogP contribution in [-0.2, 0) is 22.5 Å². The van der Waals surface area contributed by atoms with E-state index in [0.717, 1.165) is 0 Å². The van der Waals surface area contributed by atoms with Crippen LogP contribution in [0.3, 0.4) is 0 Å². The number of hydrogen-bond acceptors (Lipinski definition) is 4. The van der Waals surface area contributed by atoms with Gasteiger partial charge in [0, 0.05) is 12.7 Å². The lowest BCUT2D eigenvalue weighted by molar-refractivity contribution is -0.142. The van der Waals surface area contributed by atoms with E-state index in [1.807, 2.05) is 0 Å². The molecule has 18 heavy (non-hydrogen) atoms. The van der Waals surface area contributed by atoms with Crippen molar-refractivity contribution in [2.75, 3.05) is 6.61 Å². The van der Waals surface area contributed by atoms with Gasteiger partial charge in [0.25, 0.3) is 6.43 Å². The van der Waals surface area contributed by atoms with Crippen LogP contribution in [0.1, 0.15) is 30.0 Å². The van der Waals surface area contributed by atoms with Crippen LogP contribution in [0, 0.1) is 3.70 Å². The molecule has 0 fully saturated rings. The Kier molecular flexibility index (Phi) is 5.86. The van der Waals surface area contributed by atoms with Gasteiger partial charge in [-0.15, -0.1) is 0 Å². The molecule has 0 aliphatic carbocycles. The fraction of sp³-hybridized carbons (Fsp3) is 0.455. The number of rotatable bonds is 5. The van der Waals surface area contributed by atoms with Gasteiger partial charge < -0.3 is 10.5 Å². The van der Waals surface area contributed by atoms with E-state index in [0.29, 0.717) is 5.56 Å². The predicted molar refractivity (Wildman–Crippen MR) is 70.1 cm³/mol. The van der Waals surface area contributed by atoms with Crippen LogP contribution >= 0.6 is 22.6 Å². The Morgan fingerprint density at radius 3 is 2.78 bits per heavy atom. The van der Waals surface area contributed by atoms with E-state index in [9.17, 15) is 13.6 Å². The Balaban J connectivity index is 3.13. The van der Waals surface area contributed by atoms with E-state index >= 15 is 0 Å². The molecule has 0 spiro atoms. The van der Waals surface area contributed by atoms with Crippen molar-refractivity contribution in [2.24, 2.45) is 5.73 Å². The lowest BCUT2D eigenvalue weighted by Crippen LogP contribution is -2.14. The Hall–Kier alpha value is -0.830. The monoisotopic (exact) mass is 370 g/mol. The molecular weight excluding hydrogens is 357 g/mol. The van der Waals surface area contributed by atoms with E-state index in [2.05, 4.69) is 4.98 Å². The standard InChI is InChI=1S/C11H13F2IN2O2/c1-2-18-8(17)3-6-5-16-11(14)9(10(12)13)7(6)4-15/h5,10H,2-4,15H2,1H3. The second-order valence-electron chi connectivity index (χ2n) is 3.45. The lowest BCUT2D eigenvalue weighted by atomic mass is 10.0. The smallest absolute Gasteiger partial charge is 0.310 e. The van der Waals surface area contributed by atoms with Crippen molar-refractivity contribution in [3.63, 3.8) is 0 Å². The SMILES string of the molecule is CCOC(=O)Cc1cnc(I)c(C(F)F)c1CN. The summed E-state index contributed by atoms with van der Waals surface area (Å²) in [6, 6.07) is 0. The molecule has 100 valence electrons. The van der Waals surface area contributed by atoms with Crippen LogP contribution < -0.4 is 5.73 Å². The first-order valence-corrected chi connectivity index (χ1v) is 6.39. The zero-order chi connectivity index (χ0) is 13.7. The van der Waals surface area contributed by atoms with Gasteiger partial charge in [-0.1, -0.05) is 0 Å². The Morgan fingerprint density at radius 2 is 2.28 bits per heavy atom. The number of carbonyl (C=O) groups is 1. The number of carbonyl (C=O) groups excluding carboxylic acids is 1. The zero-order valence-electron chi connectivity index (χ0n) is 9.75. The highest BCUT2D eigenvalue weighted by Gasteiger charge is 2.21. The number of alkyl halides is 2. The third kappa shape index (κ3) is 3.58. The summed E-state index contributed by atoms with van der Waals surface area (Å²) in [6.07, 6.45) is -1.36. The van der Waals surface area contributed by atoms with Gasteiger partial charge in [-0.05, 0) is 40.6 Å². The van der Waals surface area contributed by atoms with Gasteiger partial charge in [0.05, 0.1) is 18.6 Å². The van der Waals surface area contributed by atoms with Crippen LogP contribution in [0.25, 0.3) is 0 Å². The van der Waals surface area contributed by atoms with E-state index < -0.39 is 12.4 Å². The van der Waals surface area contributed by atoms with E-state index in [4.69, 9.17) is 10.5 Å². The van der Waals surface area contributed by atoms with Crippen molar-refractivity contribution in [1.29, 1.82) is 0 Å². The normalized spacial score (nSPS) is 10.8. The van der Waals surface area contributed by atoms with Gasteiger partial charge in [-0.3, -0.25) is 4.79 Å². The second-order valence-corrected chi connectivity index (χ2v) is 4.47. The molecule has 0 aliphatic rings. The third-order valence-corrected chi connectivity index (χ3v) is 3.19. The minimum Gasteiger partial charge on any atom is -0.466 e. The minimum atomic E-state index is -2.66. The van der Waals surface area contributed by atoms with Gasteiger partial charge >= 0.3 is 5.97 Å². The fourth-order valence-corrected chi connectivity index (χ4v) is 2.26. The number of hydrogen-bond donors (Lipinski definition) is 1. The zero-order valence-corrected chi connectivity index (χ0v) is 11.9. The van der Waals surface area contributed by atoms with Crippen molar-refractivity contribution < 1.29 is 18.3 Å². The Morgan fingerprint density at radius 1 is 1.61 bits per heavy atom. The minimum absolute atomic E-state index is 0.0626. The molecule has 0 aromatic carbocycles. The third-order valence-electron chi connectivity index (χ3n) is 2.33. The number of aromatic nitrogens is 1.